The Balaban J connectivity index is 1.23. The Bertz CT molecular complexity index is 1500. The molecule has 0 spiro atoms. The number of nitrogen functional groups attached to an aromatic ring is 2. The molecule has 38 heavy (non-hydrogen) atoms. The Morgan fingerprint density at radius 2 is 1.84 bits per heavy atom. The molecule has 0 aliphatic carbocycles. The summed E-state index contributed by atoms with van der Waals surface area (Å²) in [5, 5.41) is 20.2. The molecule has 206 valence electrons. The van der Waals surface area contributed by atoms with Crippen LogP contribution in [-0.2, 0) is 30.3 Å². The van der Waals surface area contributed by atoms with Crippen molar-refractivity contribution in [2.24, 2.45) is 0 Å². The Hall–Kier alpha value is -2.87. The SMILES string of the molecule is Nc1ncn([C@H]2CC(O)[C@@H](COP(O)(=S)O[C@@H]3C[C@H](n4cnc5c(=O)[nH]c(N)nc54)O[C@@H]3CO)O2)c(=O)n1. The number of aromatic nitrogens is 7. The van der Waals surface area contributed by atoms with Crippen molar-refractivity contribution in [3.63, 3.8) is 0 Å². The van der Waals surface area contributed by atoms with E-state index in [0.29, 0.717) is 0 Å². The molecule has 2 aliphatic heterocycles. The molecule has 18 nitrogen and oxygen atoms in total. The number of nitrogens with two attached hydrogens (primary N) is 2. The van der Waals surface area contributed by atoms with E-state index in [2.05, 4.69) is 24.9 Å². The van der Waals surface area contributed by atoms with E-state index in [1.807, 2.05) is 0 Å². The van der Waals surface area contributed by atoms with Gasteiger partial charge in [0.25, 0.3) is 5.56 Å². The average molecular weight is 573 g/mol. The van der Waals surface area contributed by atoms with Gasteiger partial charge in [0.15, 0.2) is 11.2 Å². The van der Waals surface area contributed by atoms with Gasteiger partial charge in [0.2, 0.25) is 11.9 Å². The van der Waals surface area contributed by atoms with E-state index in [1.54, 1.807) is 0 Å². The first-order chi connectivity index (χ1) is 18.0. The van der Waals surface area contributed by atoms with Crippen LogP contribution in [0.4, 0.5) is 11.9 Å². The molecule has 0 saturated carbocycles. The molecule has 20 heteroatoms. The highest BCUT2D eigenvalue weighted by Gasteiger charge is 2.42. The normalized spacial score (nSPS) is 29.1. The number of aliphatic hydroxyl groups excluding tert-OH is 2. The van der Waals surface area contributed by atoms with Crippen LogP contribution in [0.3, 0.4) is 0 Å². The smallest absolute Gasteiger partial charge is 0.354 e. The number of nitrogens with one attached hydrogen (secondary N) is 1. The van der Waals surface area contributed by atoms with Crippen molar-refractivity contribution < 1.29 is 33.6 Å². The highest BCUT2D eigenvalue weighted by Crippen LogP contribution is 2.49. The molecule has 2 unspecified atom stereocenters. The second-order valence-electron chi connectivity index (χ2n) is 8.57. The van der Waals surface area contributed by atoms with Gasteiger partial charge in [-0.2, -0.15) is 9.97 Å². The van der Waals surface area contributed by atoms with Crippen LogP contribution in [-0.4, -0.2) is 86.8 Å². The minimum absolute atomic E-state index is 0.0291. The second kappa shape index (κ2) is 10.4. The molecular formula is C18H24N9O9PS. The van der Waals surface area contributed by atoms with Gasteiger partial charge in [-0.05, 0) is 11.8 Å². The maximum atomic E-state index is 12.1. The second-order valence-corrected chi connectivity index (χ2v) is 11.4. The first-order valence-corrected chi connectivity index (χ1v) is 13.8. The first kappa shape index (κ1) is 26.7. The summed E-state index contributed by atoms with van der Waals surface area (Å²) < 4.78 is 25.1. The predicted octanol–water partition coefficient (Wildman–Crippen LogP) is -2.52. The minimum atomic E-state index is -3.92. The highest BCUT2D eigenvalue weighted by atomic mass is 32.5. The van der Waals surface area contributed by atoms with E-state index in [0.717, 1.165) is 10.9 Å². The average Bonchev–Trinajstić information content (AvgIpc) is 3.54. The Kier molecular flexibility index (Phi) is 7.29. The maximum absolute atomic E-state index is 12.1. The fraction of sp³-hybridized carbons (Fsp3) is 0.556. The van der Waals surface area contributed by atoms with Crippen LogP contribution in [0.25, 0.3) is 11.2 Å². The quantitative estimate of drug-likeness (QED) is 0.152. The van der Waals surface area contributed by atoms with Crippen LogP contribution >= 0.6 is 6.72 Å². The number of ether oxygens (including phenoxy) is 2. The van der Waals surface area contributed by atoms with Crippen LogP contribution in [0.2, 0.25) is 0 Å². The summed E-state index contributed by atoms with van der Waals surface area (Å²) in [5.74, 6) is -0.308. The Labute approximate surface area is 217 Å². The van der Waals surface area contributed by atoms with Crippen LogP contribution in [0.5, 0.6) is 0 Å². The van der Waals surface area contributed by atoms with Crippen molar-refractivity contribution in [2.75, 3.05) is 24.7 Å². The predicted molar refractivity (Wildman–Crippen MR) is 131 cm³/mol. The van der Waals surface area contributed by atoms with Gasteiger partial charge in [-0.3, -0.25) is 18.9 Å². The number of aromatic amines is 1. The van der Waals surface area contributed by atoms with Gasteiger partial charge in [-0.25, -0.2) is 14.8 Å². The van der Waals surface area contributed by atoms with Crippen LogP contribution in [0.15, 0.2) is 22.2 Å². The van der Waals surface area contributed by atoms with E-state index >= 15 is 0 Å². The number of rotatable bonds is 8. The summed E-state index contributed by atoms with van der Waals surface area (Å²) in [5.41, 5.74) is 10.0. The topological polar surface area (TPSA) is 261 Å². The fourth-order valence-corrected chi connectivity index (χ4v) is 5.73. The summed E-state index contributed by atoms with van der Waals surface area (Å²) in [7, 11) is 0. The molecule has 7 atom stereocenters. The number of hydrogen-bond donors (Lipinski definition) is 6. The number of imidazole rings is 1. The van der Waals surface area contributed by atoms with Crippen LogP contribution in [0.1, 0.15) is 25.3 Å². The molecule has 5 rings (SSSR count). The van der Waals surface area contributed by atoms with E-state index in [9.17, 15) is 24.7 Å². The lowest BCUT2D eigenvalue weighted by molar-refractivity contribution is -0.0522. The largest absolute Gasteiger partial charge is 0.394 e. The number of aliphatic hydroxyl groups is 2. The molecule has 0 aromatic carbocycles. The number of H-pyrrole nitrogens is 1. The molecule has 8 N–H and O–H groups in total. The zero-order chi connectivity index (χ0) is 27.2. The van der Waals surface area contributed by atoms with Crippen molar-refractivity contribution in [1.29, 1.82) is 0 Å². The highest BCUT2D eigenvalue weighted by molar-refractivity contribution is 8.07. The molecule has 0 amide bonds. The third-order valence-corrected chi connectivity index (χ3v) is 7.64. The number of nitrogens with zero attached hydrogens (tertiary/aromatic N) is 6. The summed E-state index contributed by atoms with van der Waals surface area (Å²) in [6.07, 6.45) is -2.84. The third-order valence-electron chi connectivity index (χ3n) is 6.05. The molecule has 2 fully saturated rings. The summed E-state index contributed by atoms with van der Waals surface area (Å²) in [4.78, 5) is 52.5. The first-order valence-electron chi connectivity index (χ1n) is 11.2. The summed E-state index contributed by atoms with van der Waals surface area (Å²) in [6, 6.07) is 0. The van der Waals surface area contributed by atoms with Gasteiger partial charge < -0.3 is 45.1 Å². The molecule has 5 heterocycles. The van der Waals surface area contributed by atoms with Gasteiger partial charge in [0.05, 0.1) is 31.7 Å². The minimum Gasteiger partial charge on any atom is -0.394 e. The lowest BCUT2D eigenvalue weighted by atomic mass is 10.2. The molecular weight excluding hydrogens is 549 g/mol. The van der Waals surface area contributed by atoms with Gasteiger partial charge >= 0.3 is 12.4 Å². The van der Waals surface area contributed by atoms with E-state index in [1.165, 1.54) is 10.9 Å². The summed E-state index contributed by atoms with van der Waals surface area (Å²) >= 11 is 5.13. The monoisotopic (exact) mass is 573 g/mol. The zero-order valence-electron chi connectivity index (χ0n) is 19.4. The van der Waals surface area contributed by atoms with Crippen molar-refractivity contribution >= 4 is 41.6 Å². The number of hydrogen-bond acceptors (Lipinski definition) is 15. The van der Waals surface area contributed by atoms with Gasteiger partial charge in [0, 0.05) is 12.8 Å². The van der Waals surface area contributed by atoms with Crippen molar-refractivity contribution in [3.05, 3.63) is 33.5 Å². The molecule has 0 bridgehead atoms. The van der Waals surface area contributed by atoms with Gasteiger partial charge in [0.1, 0.15) is 31.0 Å². The lowest BCUT2D eigenvalue weighted by Gasteiger charge is -2.24. The van der Waals surface area contributed by atoms with E-state index in [4.69, 9.17) is 41.8 Å². The Morgan fingerprint density at radius 3 is 2.58 bits per heavy atom. The molecule has 2 aliphatic rings. The van der Waals surface area contributed by atoms with E-state index in [-0.39, 0.29) is 42.5 Å². The summed E-state index contributed by atoms with van der Waals surface area (Å²) in [6.45, 7) is -4.74. The molecule has 3 aromatic rings. The standard InChI is InChI=1S/C18H24N9O9PS/c19-16-22-6-27(18(31)25-16)11-1-7(29)10(35-11)4-33-37(32,38)36-8-2-12(34-9(8)3-28)26-5-21-13-14(26)23-17(20)24-15(13)30/h5-12,28-29H,1-4H2,(H,32,38)(H2,19,25,31)(H3,20,23,24,30)/t7?,8-,9-,10-,11-,12-,37?/m1/s1. The van der Waals surface area contributed by atoms with Crippen LogP contribution in [0, 0.1) is 0 Å². The van der Waals surface area contributed by atoms with Crippen LogP contribution < -0.4 is 22.7 Å². The molecule has 0 radical (unpaired) electrons. The fourth-order valence-electron chi connectivity index (χ4n) is 4.26. The van der Waals surface area contributed by atoms with Crippen molar-refractivity contribution in [1.82, 2.24) is 34.1 Å². The van der Waals surface area contributed by atoms with Gasteiger partial charge in [-0.1, -0.05) is 0 Å². The molecule has 2 saturated heterocycles. The number of fused-ring (bicyclic) bond motifs is 1. The van der Waals surface area contributed by atoms with Crippen molar-refractivity contribution in [3.8, 4) is 0 Å². The van der Waals surface area contributed by atoms with Gasteiger partial charge in [-0.15, -0.1) is 0 Å². The van der Waals surface area contributed by atoms with E-state index < -0.39 is 61.4 Å². The third kappa shape index (κ3) is 5.33. The molecule has 3 aromatic heterocycles. The van der Waals surface area contributed by atoms with Crippen molar-refractivity contribution in [2.45, 2.75) is 49.7 Å². The maximum Gasteiger partial charge on any atom is 0.354 e. The number of anilines is 2. The zero-order valence-corrected chi connectivity index (χ0v) is 21.1. The lowest BCUT2D eigenvalue weighted by Crippen LogP contribution is -2.30. The Morgan fingerprint density at radius 1 is 1.13 bits per heavy atom.